The second-order valence-corrected chi connectivity index (χ2v) is 3.25. The third-order valence-electron chi connectivity index (χ3n) is 2.07. The van der Waals surface area contributed by atoms with Gasteiger partial charge in [0.2, 0.25) is 0 Å². The van der Waals surface area contributed by atoms with Crippen LogP contribution in [0.15, 0.2) is 25.0 Å². The summed E-state index contributed by atoms with van der Waals surface area (Å²) in [6.07, 6.45) is 5.01. The first kappa shape index (κ1) is 12.6. The molecule has 0 saturated carbocycles. The van der Waals surface area contributed by atoms with Gasteiger partial charge in [0, 0.05) is 20.2 Å². The third-order valence-corrected chi connectivity index (χ3v) is 2.07. The topological polar surface area (TPSA) is 58.5 Å². The third kappa shape index (κ3) is 3.60. The normalized spacial score (nSPS) is 10.1. The molecule has 0 amide bonds. The first-order chi connectivity index (χ1) is 7.81. The lowest BCUT2D eigenvalue weighted by atomic mass is 10.4. The minimum atomic E-state index is -0.104. The Morgan fingerprint density at radius 3 is 3.00 bits per heavy atom. The molecule has 0 aliphatic rings. The molecule has 88 valence electrons. The van der Waals surface area contributed by atoms with Crippen molar-refractivity contribution in [2.24, 2.45) is 0 Å². The predicted molar refractivity (Wildman–Crippen MR) is 62.2 cm³/mol. The molecule has 0 radical (unpaired) electrons. The van der Waals surface area contributed by atoms with Gasteiger partial charge in [0.05, 0.1) is 31.3 Å². The standard InChI is InChI=1S/C11H17N3O2/c1-3-4-14(5-6-16-2)11-8-12-7-10(9-15)13-11/h3,7-8,15H,1,4-6,9H2,2H3. The van der Waals surface area contributed by atoms with Gasteiger partial charge in [0.25, 0.3) is 0 Å². The molecule has 1 rings (SSSR count). The Labute approximate surface area is 95.4 Å². The maximum absolute atomic E-state index is 8.98. The second-order valence-electron chi connectivity index (χ2n) is 3.25. The summed E-state index contributed by atoms with van der Waals surface area (Å²) in [5.41, 5.74) is 0.559. The zero-order chi connectivity index (χ0) is 11.8. The Morgan fingerprint density at radius 1 is 1.56 bits per heavy atom. The van der Waals surface area contributed by atoms with Crippen LogP contribution in [0.1, 0.15) is 5.69 Å². The van der Waals surface area contributed by atoms with Gasteiger partial charge in [-0.3, -0.25) is 4.98 Å². The van der Waals surface area contributed by atoms with Gasteiger partial charge in [0.1, 0.15) is 5.82 Å². The Morgan fingerprint density at radius 2 is 2.38 bits per heavy atom. The van der Waals surface area contributed by atoms with Crippen LogP contribution in [0.5, 0.6) is 0 Å². The molecular formula is C11H17N3O2. The molecule has 5 heteroatoms. The van der Waals surface area contributed by atoms with Crippen LogP contribution in [-0.2, 0) is 11.3 Å². The predicted octanol–water partition coefficient (Wildman–Crippen LogP) is 0.608. The first-order valence-corrected chi connectivity index (χ1v) is 5.08. The molecule has 1 aromatic rings. The van der Waals surface area contributed by atoms with Crippen LogP contribution in [0, 0.1) is 0 Å². The average molecular weight is 223 g/mol. The molecule has 1 N–H and O–H groups in total. The number of aliphatic hydroxyl groups is 1. The van der Waals surface area contributed by atoms with Crippen molar-refractivity contribution < 1.29 is 9.84 Å². The largest absolute Gasteiger partial charge is 0.390 e. The zero-order valence-electron chi connectivity index (χ0n) is 9.46. The van der Waals surface area contributed by atoms with Gasteiger partial charge in [-0.1, -0.05) is 6.08 Å². The van der Waals surface area contributed by atoms with E-state index < -0.39 is 0 Å². The number of aromatic nitrogens is 2. The summed E-state index contributed by atoms with van der Waals surface area (Å²) in [6.45, 7) is 5.59. The van der Waals surface area contributed by atoms with E-state index in [4.69, 9.17) is 9.84 Å². The molecule has 1 heterocycles. The average Bonchev–Trinajstić information content (AvgIpc) is 2.34. The molecule has 0 saturated heterocycles. The highest BCUT2D eigenvalue weighted by Crippen LogP contribution is 2.09. The van der Waals surface area contributed by atoms with Gasteiger partial charge in [0.15, 0.2) is 0 Å². The van der Waals surface area contributed by atoms with Crippen LogP contribution < -0.4 is 4.90 Å². The van der Waals surface area contributed by atoms with Gasteiger partial charge >= 0.3 is 0 Å². The molecule has 0 atom stereocenters. The first-order valence-electron chi connectivity index (χ1n) is 5.08. The van der Waals surface area contributed by atoms with Crippen LogP contribution in [0.2, 0.25) is 0 Å². The number of ether oxygens (including phenoxy) is 1. The number of rotatable bonds is 7. The quantitative estimate of drug-likeness (QED) is 0.686. The smallest absolute Gasteiger partial charge is 0.147 e. The number of hydrogen-bond acceptors (Lipinski definition) is 5. The molecule has 5 nitrogen and oxygen atoms in total. The fourth-order valence-electron chi connectivity index (χ4n) is 1.28. The van der Waals surface area contributed by atoms with Crippen LogP contribution in [0.3, 0.4) is 0 Å². The van der Waals surface area contributed by atoms with Crippen molar-refractivity contribution in [2.45, 2.75) is 6.61 Å². The molecule has 0 unspecified atom stereocenters. The Balaban J connectivity index is 2.77. The van der Waals surface area contributed by atoms with E-state index in [-0.39, 0.29) is 6.61 Å². The van der Waals surface area contributed by atoms with E-state index in [1.165, 1.54) is 0 Å². The van der Waals surface area contributed by atoms with Crippen LogP contribution >= 0.6 is 0 Å². The summed E-state index contributed by atoms with van der Waals surface area (Å²) in [4.78, 5) is 10.3. The Kier molecular flexibility index (Phi) is 5.45. The molecule has 16 heavy (non-hydrogen) atoms. The van der Waals surface area contributed by atoms with E-state index in [1.807, 2.05) is 4.90 Å². The highest BCUT2D eigenvalue weighted by molar-refractivity contribution is 5.37. The van der Waals surface area contributed by atoms with E-state index in [2.05, 4.69) is 16.5 Å². The van der Waals surface area contributed by atoms with E-state index in [9.17, 15) is 0 Å². The number of nitrogens with zero attached hydrogens (tertiary/aromatic N) is 3. The van der Waals surface area contributed by atoms with E-state index in [0.29, 0.717) is 25.4 Å². The summed E-state index contributed by atoms with van der Waals surface area (Å²) < 4.78 is 5.02. The van der Waals surface area contributed by atoms with Gasteiger partial charge in [-0.2, -0.15) is 0 Å². The van der Waals surface area contributed by atoms with E-state index >= 15 is 0 Å². The highest BCUT2D eigenvalue weighted by Gasteiger charge is 2.07. The lowest BCUT2D eigenvalue weighted by Crippen LogP contribution is -2.28. The van der Waals surface area contributed by atoms with Crippen LogP contribution in [0.25, 0.3) is 0 Å². The maximum Gasteiger partial charge on any atom is 0.147 e. The SMILES string of the molecule is C=CCN(CCOC)c1cncc(CO)n1. The van der Waals surface area contributed by atoms with Crippen molar-refractivity contribution in [3.05, 3.63) is 30.7 Å². The number of hydrogen-bond donors (Lipinski definition) is 1. The number of anilines is 1. The van der Waals surface area contributed by atoms with Gasteiger partial charge in [-0.15, -0.1) is 6.58 Å². The Hall–Kier alpha value is -1.46. The maximum atomic E-state index is 8.98. The molecule has 0 spiro atoms. The summed E-state index contributed by atoms with van der Waals surface area (Å²) in [7, 11) is 1.65. The summed E-state index contributed by atoms with van der Waals surface area (Å²) in [5.74, 6) is 0.725. The molecule has 0 fully saturated rings. The van der Waals surface area contributed by atoms with Crippen molar-refractivity contribution in [3.63, 3.8) is 0 Å². The van der Waals surface area contributed by atoms with Crippen molar-refractivity contribution >= 4 is 5.82 Å². The van der Waals surface area contributed by atoms with Gasteiger partial charge in [-0.05, 0) is 0 Å². The van der Waals surface area contributed by atoms with E-state index in [0.717, 1.165) is 5.82 Å². The molecule has 1 aromatic heterocycles. The summed E-state index contributed by atoms with van der Waals surface area (Å²) >= 11 is 0. The van der Waals surface area contributed by atoms with Gasteiger partial charge in [-0.25, -0.2) is 4.98 Å². The molecular weight excluding hydrogens is 206 g/mol. The number of methoxy groups -OCH3 is 1. The fourth-order valence-corrected chi connectivity index (χ4v) is 1.28. The molecule has 0 bridgehead atoms. The van der Waals surface area contributed by atoms with Crippen molar-refractivity contribution in [3.8, 4) is 0 Å². The van der Waals surface area contributed by atoms with Crippen molar-refractivity contribution in [1.82, 2.24) is 9.97 Å². The van der Waals surface area contributed by atoms with E-state index in [1.54, 1.807) is 25.6 Å². The van der Waals surface area contributed by atoms with Crippen LogP contribution in [0.4, 0.5) is 5.82 Å². The van der Waals surface area contributed by atoms with Crippen LogP contribution in [-0.4, -0.2) is 41.9 Å². The van der Waals surface area contributed by atoms with Gasteiger partial charge < -0.3 is 14.7 Å². The molecule has 0 aliphatic carbocycles. The highest BCUT2D eigenvalue weighted by atomic mass is 16.5. The minimum Gasteiger partial charge on any atom is -0.390 e. The molecule has 0 aromatic carbocycles. The molecule has 0 aliphatic heterocycles. The lowest BCUT2D eigenvalue weighted by molar-refractivity contribution is 0.205. The lowest BCUT2D eigenvalue weighted by Gasteiger charge is -2.21. The van der Waals surface area contributed by atoms with Crippen molar-refractivity contribution in [1.29, 1.82) is 0 Å². The Bertz CT molecular complexity index is 331. The fraction of sp³-hybridized carbons (Fsp3) is 0.455. The van der Waals surface area contributed by atoms with Crippen molar-refractivity contribution in [2.75, 3.05) is 31.7 Å². The summed E-state index contributed by atoms with van der Waals surface area (Å²) in [5, 5.41) is 8.98. The zero-order valence-corrected chi connectivity index (χ0v) is 9.46. The number of aliphatic hydroxyl groups excluding tert-OH is 1. The summed E-state index contributed by atoms with van der Waals surface area (Å²) in [6, 6.07) is 0. The second kappa shape index (κ2) is 6.92. The minimum absolute atomic E-state index is 0.104. The monoisotopic (exact) mass is 223 g/mol.